The summed E-state index contributed by atoms with van der Waals surface area (Å²) in [4.78, 5) is 28.8. The summed E-state index contributed by atoms with van der Waals surface area (Å²) in [5.41, 5.74) is 1.14. The fourth-order valence-electron chi connectivity index (χ4n) is 2.76. The molecule has 0 radical (unpaired) electrons. The third-order valence-corrected chi connectivity index (χ3v) is 4.14. The highest BCUT2D eigenvalue weighted by molar-refractivity contribution is 5.89. The van der Waals surface area contributed by atoms with E-state index in [1.165, 1.54) is 4.68 Å². The van der Waals surface area contributed by atoms with Crippen LogP contribution in [0.4, 0.5) is 5.82 Å². The largest absolute Gasteiger partial charge is 0.309 e. The minimum absolute atomic E-state index is 0.0834. The maximum Gasteiger partial charge on any atom is 0.277 e. The molecule has 0 spiro atoms. The van der Waals surface area contributed by atoms with E-state index < -0.39 is 0 Å². The molecule has 28 heavy (non-hydrogen) atoms. The molecule has 3 heterocycles. The summed E-state index contributed by atoms with van der Waals surface area (Å²) in [6, 6.07) is 14.4. The van der Waals surface area contributed by atoms with Gasteiger partial charge in [-0.15, -0.1) is 5.10 Å². The fraction of sp³-hybridized carbons (Fsp3) is 0.158. The van der Waals surface area contributed by atoms with Gasteiger partial charge in [-0.1, -0.05) is 23.4 Å². The van der Waals surface area contributed by atoms with Gasteiger partial charge in [0, 0.05) is 24.9 Å². The van der Waals surface area contributed by atoms with Gasteiger partial charge in [-0.2, -0.15) is 5.10 Å². The van der Waals surface area contributed by atoms with Crippen LogP contribution in [-0.4, -0.2) is 35.7 Å². The molecular weight excluding hydrogens is 358 g/mol. The molecule has 140 valence electrons. The van der Waals surface area contributed by atoms with Gasteiger partial charge in [-0.3, -0.25) is 19.3 Å². The van der Waals surface area contributed by atoms with Gasteiger partial charge >= 0.3 is 0 Å². The Bertz CT molecular complexity index is 1170. The van der Waals surface area contributed by atoms with Crippen LogP contribution in [0, 0.1) is 0 Å². The Hall–Kier alpha value is -3.88. The first-order chi connectivity index (χ1) is 13.7. The first-order valence-electron chi connectivity index (χ1n) is 8.75. The Morgan fingerprint density at radius 1 is 1.07 bits per heavy atom. The predicted octanol–water partition coefficient (Wildman–Crippen LogP) is 1.46. The number of nitrogens with one attached hydrogen (secondary N) is 1. The number of aryl methyl sites for hydroxylation is 1. The predicted molar refractivity (Wildman–Crippen MR) is 103 cm³/mol. The second-order valence-electron chi connectivity index (χ2n) is 6.15. The average Bonchev–Trinajstić information content (AvgIpc) is 3.15. The monoisotopic (exact) mass is 375 g/mol. The van der Waals surface area contributed by atoms with Crippen molar-refractivity contribution < 1.29 is 4.79 Å². The highest BCUT2D eigenvalue weighted by atomic mass is 16.2. The molecule has 0 atom stereocenters. The second kappa shape index (κ2) is 7.78. The van der Waals surface area contributed by atoms with Crippen LogP contribution in [0.25, 0.3) is 10.9 Å². The average molecular weight is 375 g/mol. The van der Waals surface area contributed by atoms with E-state index in [2.05, 4.69) is 25.7 Å². The molecule has 0 aliphatic rings. The van der Waals surface area contributed by atoms with Crippen molar-refractivity contribution in [2.45, 2.75) is 19.5 Å². The van der Waals surface area contributed by atoms with Crippen LogP contribution >= 0.6 is 0 Å². The van der Waals surface area contributed by atoms with Gasteiger partial charge in [0.1, 0.15) is 5.52 Å². The number of carbonyl (C=O) groups is 1. The number of aromatic nitrogens is 6. The lowest BCUT2D eigenvalue weighted by Crippen LogP contribution is -2.26. The Morgan fingerprint density at radius 2 is 1.93 bits per heavy atom. The van der Waals surface area contributed by atoms with Crippen molar-refractivity contribution in [2.75, 3.05) is 5.32 Å². The summed E-state index contributed by atoms with van der Waals surface area (Å²) in [5.74, 6) is 0.183. The van der Waals surface area contributed by atoms with E-state index in [-0.39, 0.29) is 24.4 Å². The zero-order valence-electron chi connectivity index (χ0n) is 14.9. The van der Waals surface area contributed by atoms with E-state index in [1.54, 1.807) is 47.4 Å². The topological polar surface area (TPSA) is 108 Å². The molecular formula is C19H17N7O2. The summed E-state index contributed by atoms with van der Waals surface area (Å²) < 4.78 is 2.89. The molecule has 0 aliphatic carbocycles. The zero-order valence-corrected chi connectivity index (χ0v) is 14.9. The minimum Gasteiger partial charge on any atom is -0.309 e. The molecule has 9 heteroatoms. The molecule has 1 N–H and O–H groups in total. The first kappa shape index (κ1) is 17.5. The number of pyridine rings is 1. The molecule has 0 saturated heterocycles. The molecule has 0 saturated carbocycles. The quantitative estimate of drug-likeness (QED) is 0.547. The smallest absolute Gasteiger partial charge is 0.277 e. The SMILES string of the molecule is O=C(CCn1nnc2ccccc2c1=O)Nc1ccn(Cc2ccccn2)n1. The molecule has 1 amide bonds. The van der Waals surface area contributed by atoms with Gasteiger partial charge < -0.3 is 5.32 Å². The highest BCUT2D eigenvalue weighted by Crippen LogP contribution is 2.06. The number of benzene rings is 1. The molecule has 0 unspecified atom stereocenters. The molecule has 0 bridgehead atoms. The number of carbonyl (C=O) groups excluding carboxylic acids is 1. The molecule has 4 aromatic rings. The van der Waals surface area contributed by atoms with E-state index in [9.17, 15) is 9.59 Å². The zero-order chi connectivity index (χ0) is 19.3. The third kappa shape index (κ3) is 3.93. The van der Waals surface area contributed by atoms with Crippen molar-refractivity contribution in [2.24, 2.45) is 0 Å². The van der Waals surface area contributed by atoms with Gasteiger partial charge in [0.15, 0.2) is 5.82 Å². The number of hydrogen-bond donors (Lipinski definition) is 1. The maximum absolute atomic E-state index is 12.4. The number of fused-ring (bicyclic) bond motifs is 1. The van der Waals surface area contributed by atoms with Gasteiger partial charge in [0.2, 0.25) is 5.91 Å². The second-order valence-corrected chi connectivity index (χ2v) is 6.15. The molecule has 1 aromatic carbocycles. The number of rotatable bonds is 6. The van der Waals surface area contributed by atoms with Gasteiger partial charge in [0.05, 0.1) is 24.2 Å². The Labute approximate surface area is 159 Å². The van der Waals surface area contributed by atoms with Crippen molar-refractivity contribution in [1.29, 1.82) is 0 Å². The van der Waals surface area contributed by atoms with E-state index in [0.717, 1.165) is 5.69 Å². The molecule has 4 rings (SSSR count). The molecule has 0 aliphatic heterocycles. The minimum atomic E-state index is -0.266. The van der Waals surface area contributed by atoms with Crippen molar-refractivity contribution in [3.8, 4) is 0 Å². The molecule has 3 aromatic heterocycles. The van der Waals surface area contributed by atoms with Gasteiger partial charge in [-0.05, 0) is 24.3 Å². The number of hydrogen-bond acceptors (Lipinski definition) is 6. The highest BCUT2D eigenvalue weighted by Gasteiger charge is 2.09. The lowest BCUT2D eigenvalue weighted by Gasteiger charge is -2.05. The standard InChI is InChI=1S/C19H17N7O2/c27-18(9-12-26-19(28)15-6-1-2-7-16(15)22-24-26)21-17-8-11-25(23-17)13-14-5-3-4-10-20-14/h1-8,10-11H,9,12-13H2,(H,21,23,27). The van der Waals surface area contributed by atoms with Crippen LogP contribution in [0.3, 0.4) is 0 Å². The van der Waals surface area contributed by atoms with Crippen LogP contribution in [0.1, 0.15) is 12.1 Å². The first-order valence-corrected chi connectivity index (χ1v) is 8.75. The van der Waals surface area contributed by atoms with Crippen molar-refractivity contribution in [1.82, 2.24) is 29.8 Å². The summed E-state index contributed by atoms with van der Waals surface area (Å²) in [7, 11) is 0. The molecule has 0 fully saturated rings. The Balaban J connectivity index is 1.36. The van der Waals surface area contributed by atoms with Crippen molar-refractivity contribution >= 4 is 22.6 Å². The van der Waals surface area contributed by atoms with E-state index in [0.29, 0.717) is 23.3 Å². The van der Waals surface area contributed by atoms with Crippen LogP contribution in [0.5, 0.6) is 0 Å². The van der Waals surface area contributed by atoms with Gasteiger partial charge in [0.25, 0.3) is 5.56 Å². The van der Waals surface area contributed by atoms with Crippen LogP contribution in [-0.2, 0) is 17.9 Å². The Kier molecular flexibility index (Phi) is 4.87. The fourth-order valence-corrected chi connectivity index (χ4v) is 2.76. The lowest BCUT2D eigenvalue weighted by molar-refractivity contribution is -0.116. The van der Waals surface area contributed by atoms with Crippen LogP contribution < -0.4 is 10.9 Å². The maximum atomic E-state index is 12.4. The van der Waals surface area contributed by atoms with Crippen molar-refractivity contribution in [3.05, 3.63) is 77.0 Å². The number of amides is 1. The normalized spacial score (nSPS) is 10.9. The summed E-state index contributed by atoms with van der Waals surface area (Å²) >= 11 is 0. The van der Waals surface area contributed by atoms with Crippen LogP contribution in [0.2, 0.25) is 0 Å². The van der Waals surface area contributed by atoms with Crippen LogP contribution in [0.15, 0.2) is 65.7 Å². The van der Waals surface area contributed by atoms with E-state index >= 15 is 0 Å². The van der Waals surface area contributed by atoms with Crippen molar-refractivity contribution in [3.63, 3.8) is 0 Å². The summed E-state index contributed by atoms with van der Waals surface area (Å²) in [6.07, 6.45) is 3.57. The number of anilines is 1. The van der Waals surface area contributed by atoms with Gasteiger partial charge in [-0.25, -0.2) is 4.68 Å². The lowest BCUT2D eigenvalue weighted by atomic mass is 10.2. The van der Waals surface area contributed by atoms with E-state index in [4.69, 9.17) is 0 Å². The number of nitrogens with zero attached hydrogens (tertiary/aromatic N) is 6. The third-order valence-electron chi connectivity index (χ3n) is 4.14. The summed E-state index contributed by atoms with van der Waals surface area (Å²) in [6.45, 7) is 0.649. The van der Waals surface area contributed by atoms with E-state index in [1.807, 2.05) is 18.2 Å². The summed E-state index contributed by atoms with van der Waals surface area (Å²) in [5, 5.41) is 15.4. The molecule has 9 nitrogen and oxygen atoms in total. The Morgan fingerprint density at radius 3 is 2.79 bits per heavy atom.